The summed E-state index contributed by atoms with van der Waals surface area (Å²) in [4.78, 5) is 16.6. The Hall–Kier alpha value is -0.850. The summed E-state index contributed by atoms with van der Waals surface area (Å²) in [5.41, 5.74) is 1.59. The quantitative estimate of drug-likeness (QED) is 0.434. The highest BCUT2D eigenvalue weighted by Gasteiger charge is 2.47. The van der Waals surface area contributed by atoms with E-state index in [9.17, 15) is 4.79 Å². The highest BCUT2D eigenvalue weighted by Crippen LogP contribution is 2.39. The molecule has 0 aromatic carbocycles. The van der Waals surface area contributed by atoms with E-state index >= 15 is 0 Å². The van der Waals surface area contributed by atoms with E-state index in [1.54, 1.807) is 7.11 Å². The fraction of sp³-hybridized carbons (Fsp3) is 0.909. The van der Waals surface area contributed by atoms with Crippen molar-refractivity contribution < 1.29 is 14.4 Å². The number of piperidine rings is 1. The van der Waals surface area contributed by atoms with Gasteiger partial charge in [0.2, 0.25) is 0 Å². The average molecular weight is 245 g/mol. The second kappa shape index (κ2) is 4.80. The van der Waals surface area contributed by atoms with Crippen molar-refractivity contribution in [1.29, 1.82) is 0 Å². The summed E-state index contributed by atoms with van der Waals surface area (Å²) in [6, 6.07) is 0. The van der Waals surface area contributed by atoms with Gasteiger partial charge in [0, 0.05) is 23.9 Å². The van der Waals surface area contributed by atoms with Gasteiger partial charge >= 0.3 is 6.09 Å². The van der Waals surface area contributed by atoms with E-state index in [4.69, 9.17) is 15.4 Å². The summed E-state index contributed by atoms with van der Waals surface area (Å²) in [5, 5.41) is 1.96. The molecule has 0 spiro atoms. The number of hydrazine groups is 1. The van der Waals surface area contributed by atoms with Crippen LogP contribution in [0.4, 0.5) is 4.79 Å². The van der Waals surface area contributed by atoms with E-state index in [-0.39, 0.29) is 17.2 Å². The lowest BCUT2D eigenvalue weighted by Gasteiger charge is -2.52. The van der Waals surface area contributed by atoms with Crippen LogP contribution >= 0.6 is 0 Å². The van der Waals surface area contributed by atoms with Crippen LogP contribution in [0.15, 0.2) is 0 Å². The molecule has 0 saturated carbocycles. The second-order valence-electron chi connectivity index (χ2n) is 5.68. The number of nitrogens with zero attached hydrogens (tertiary/aromatic N) is 1. The number of carbonyl (C=O) groups is 1. The van der Waals surface area contributed by atoms with Crippen LogP contribution in [0.3, 0.4) is 0 Å². The molecule has 0 bridgehead atoms. The number of hydrogen-bond acceptors (Lipinski definition) is 5. The molecule has 1 fully saturated rings. The largest absolute Gasteiger partial charge is 0.445 e. The summed E-state index contributed by atoms with van der Waals surface area (Å²) < 4.78 is 5.25. The zero-order valence-corrected chi connectivity index (χ0v) is 11.2. The molecule has 1 rings (SSSR count). The van der Waals surface area contributed by atoms with Crippen LogP contribution in [0.1, 0.15) is 40.5 Å². The fourth-order valence-corrected chi connectivity index (χ4v) is 2.93. The van der Waals surface area contributed by atoms with E-state index in [1.807, 2.05) is 10.5 Å². The molecule has 6 nitrogen and oxygen atoms in total. The molecule has 6 heteroatoms. The number of ether oxygens (including phenoxy) is 1. The molecule has 1 aliphatic rings. The summed E-state index contributed by atoms with van der Waals surface area (Å²) in [6.07, 6.45) is 0.664. The van der Waals surface area contributed by atoms with Gasteiger partial charge in [0.1, 0.15) is 6.10 Å². The number of carbonyl (C=O) groups excluding carboxylic acids is 1. The van der Waals surface area contributed by atoms with Gasteiger partial charge in [0.25, 0.3) is 0 Å². The first-order chi connectivity index (χ1) is 7.73. The van der Waals surface area contributed by atoms with Crippen LogP contribution in [0.2, 0.25) is 0 Å². The summed E-state index contributed by atoms with van der Waals surface area (Å²) in [7, 11) is 1.66. The molecule has 3 N–H and O–H groups in total. The minimum absolute atomic E-state index is 0.157. The first-order valence-electron chi connectivity index (χ1n) is 5.74. The molecule has 1 saturated heterocycles. The van der Waals surface area contributed by atoms with Gasteiger partial charge in [-0.25, -0.2) is 10.6 Å². The van der Waals surface area contributed by atoms with E-state index in [1.165, 1.54) is 0 Å². The lowest BCUT2D eigenvalue weighted by molar-refractivity contribution is -0.276. The van der Waals surface area contributed by atoms with Crippen LogP contribution < -0.4 is 11.3 Å². The number of amides is 1. The molecule has 0 aromatic rings. The van der Waals surface area contributed by atoms with Gasteiger partial charge in [0.15, 0.2) is 0 Å². The number of nitrogens with one attached hydrogen (secondary N) is 1. The van der Waals surface area contributed by atoms with Gasteiger partial charge < -0.3 is 9.57 Å². The first-order valence-corrected chi connectivity index (χ1v) is 5.74. The number of nitrogens with two attached hydrogens (primary N) is 1. The van der Waals surface area contributed by atoms with Crippen LogP contribution in [0, 0.1) is 0 Å². The van der Waals surface area contributed by atoms with Crippen molar-refractivity contribution >= 4 is 6.09 Å². The van der Waals surface area contributed by atoms with E-state index in [0.717, 1.165) is 0 Å². The normalized spacial score (nSPS) is 24.4. The molecule has 100 valence electrons. The van der Waals surface area contributed by atoms with E-state index in [2.05, 4.69) is 27.7 Å². The summed E-state index contributed by atoms with van der Waals surface area (Å²) >= 11 is 0. The SMILES string of the molecule is CON1C(C)(C)CC(OC(=O)NN)CC1(C)C. The van der Waals surface area contributed by atoms with Crippen LogP contribution in [0.5, 0.6) is 0 Å². The Bertz CT molecular complexity index is 274. The van der Waals surface area contributed by atoms with Crippen LogP contribution in [-0.4, -0.2) is 35.4 Å². The number of rotatable bonds is 2. The predicted octanol–water partition coefficient (Wildman–Crippen LogP) is 1.17. The van der Waals surface area contributed by atoms with Gasteiger partial charge in [0.05, 0.1) is 7.11 Å². The third-order valence-electron chi connectivity index (χ3n) is 3.13. The molecule has 0 atom stereocenters. The smallest absolute Gasteiger partial charge is 0.421 e. The molecule has 1 amide bonds. The Morgan fingerprint density at radius 3 is 2.12 bits per heavy atom. The molecule has 0 aromatic heterocycles. The monoisotopic (exact) mass is 245 g/mol. The summed E-state index contributed by atoms with van der Waals surface area (Å²) in [6.45, 7) is 8.25. The Labute approximate surface area is 102 Å². The molecule has 0 unspecified atom stereocenters. The summed E-state index contributed by atoms with van der Waals surface area (Å²) in [5.74, 6) is 5.02. The van der Waals surface area contributed by atoms with Gasteiger partial charge in [-0.15, -0.1) is 0 Å². The van der Waals surface area contributed by atoms with Crippen molar-refractivity contribution in [1.82, 2.24) is 10.5 Å². The zero-order valence-electron chi connectivity index (χ0n) is 11.2. The maximum Gasteiger partial charge on any atom is 0.421 e. The fourth-order valence-electron chi connectivity index (χ4n) is 2.93. The topological polar surface area (TPSA) is 76.8 Å². The highest BCUT2D eigenvalue weighted by atomic mass is 16.7. The van der Waals surface area contributed by atoms with Crippen molar-refractivity contribution in [3.63, 3.8) is 0 Å². The van der Waals surface area contributed by atoms with Crippen molar-refractivity contribution in [2.45, 2.75) is 57.7 Å². The number of hydroxylamine groups is 2. The molecule has 17 heavy (non-hydrogen) atoms. The average Bonchev–Trinajstić information content (AvgIpc) is 2.14. The first kappa shape index (κ1) is 14.2. The number of hydrogen-bond donors (Lipinski definition) is 2. The third-order valence-corrected chi connectivity index (χ3v) is 3.13. The zero-order chi connectivity index (χ0) is 13.3. The molecule has 1 aliphatic heterocycles. The lowest BCUT2D eigenvalue weighted by Crippen LogP contribution is -2.61. The standard InChI is InChI=1S/C11H23N3O3/c1-10(2)6-8(17-9(15)13-12)7-11(3,4)14(10)16-5/h8H,6-7,12H2,1-5H3,(H,13,15). The Morgan fingerprint density at radius 2 is 1.76 bits per heavy atom. The lowest BCUT2D eigenvalue weighted by atomic mass is 9.80. The molecular formula is C11H23N3O3. The van der Waals surface area contributed by atoms with E-state index < -0.39 is 6.09 Å². The minimum Gasteiger partial charge on any atom is -0.445 e. The predicted molar refractivity (Wildman–Crippen MR) is 63.8 cm³/mol. The maximum absolute atomic E-state index is 11.1. The molecule has 0 radical (unpaired) electrons. The van der Waals surface area contributed by atoms with Gasteiger partial charge in [-0.2, -0.15) is 5.06 Å². The van der Waals surface area contributed by atoms with Gasteiger partial charge in [-0.3, -0.25) is 5.43 Å². The van der Waals surface area contributed by atoms with E-state index in [0.29, 0.717) is 12.8 Å². The minimum atomic E-state index is -0.590. The van der Waals surface area contributed by atoms with Gasteiger partial charge in [-0.05, 0) is 27.7 Å². The van der Waals surface area contributed by atoms with Crippen LogP contribution in [-0.2, 0) is 9.57 Å². The van der Waals surface area contributed by atoms with Crippen molar-refractivity contribution in [2.24, 2.45) is 5.84 Å². The second-order valence-corrected chi connectivity index (χ2v) is 5.68. The van der Waals surface area contributed by atoms with Crippen molar-refractivity contribution in [3.8, 4) is 0 Å². The van der Waals surface area contributed by atoms with Gasteiger partial charge in [-0.1, -0.05) is 0 Å². The Kier molecular flexibility index (Phi) is 4.01. The molecular weight excluding hydrogens is 222 g/mol. The Balaban J connectivity index is 2.80. The third kappa shape index (κ3) is 3.08. The molecule has 0 aliphatic carbocycles. The van der Waals surface area contributed by atoms with Crippen molar-refractivity contribution in [2.75, 3.05) is 7.11 Å². The van der Waals surface area contributed by atoms with Crippen LogP contribution in [0.25, 0.3) is 0 Å². The van der Waals surface area contributed by atoms with Crippen molar-refractivity contribution in [3.05, 3.63) is 0 Å². The highest BCUT2D eigenvalue weighted by molar-refractivity contribution is 5.66. The molecule has 1 heterocycles. The maximum atomic E-state index is 11.1. The Morgan fingerprint density at radius 1 is 1.29 bits per heavy atom.